The van der Waals surface area contributed by atoms with Crippen molar-refractivity contribution in [3.63, 3.8) is 0 Å². The van der Waals surface area contributed by atoms with E-state index in [0.717, 1.165) is 51.2 Å². The molecular weight excluding hydrogens is 868 g/mol. The van der Waals surface area contributed by atoms with Gasteiger partial charge in [0, 0.05) is 40.0 Å². The van der Waals surface area contributed by atoms with Gasteiger partial charge in [-0.15, -0.1) is 0 Å². The van der Waals surface area contributed by atoms with Crippen molar-refractivity contribution >= 4 is 51.8 Å². The van der Waals surface area contributed by atoms with E-state index in [1.165, 1.54) is 66.9 Å². The second kappa shape index (κ2) is 17.7. The fraction of sp³-hybridized carbons (Fsp3) is 0.0448. The molecule has 2 heterocycles. The molecule has 0 saturated carbocycles. The molecule has 13 rings (SSSR count). The van der Waals surface area contributed by atoms with Gasteiger partial charge < -0.3 is 4.90 Å². The minimum absolute atomic E-state index is 0.0478. The monoisotopic (exact) mass is 913 g/mol. The molecule has 2 atom stereocenters. The minimum Gasteiger partial charge on any atom is -0.311 e. The highest BCUT2D eigenvalue weighted by Gasteiger charge is 2.45. The van der Waals surface area contributed by atoms with Gasteiger partial charge in [0.25, 0.3) is 0 Å². The molecular formula is C67H46BF2N. The molecule has 0 amide bonds. The number of allylic oxidation sites excluding steroid dienone is 1. The molecule has 0 aromatic heterocycles. The lowest BCUT2D eigenvalue weighted by Crippen LogP contribution is -2.59. The minimum atomic E-state index is -0.277. The molecule has 10 aromatic rings. The average Bonchev–Trinajstić information content (AvgIpc) is 3.43. The second-order valence-corrected chi connectivity index (χ2v) is 18.9. The average molecular weight is 914 g/mol. The van der Waals surface area contributed by atoms with E-state index in [9.17, 15) is 0 Å². The van der Waals surface area contributed by atoms with Crippen LogP contribution < -0.4 is 26.3 Å². The Morgan fingerprint density at radius 1 is 0.479 bits per heavy atom. The molecule has 336 valence electrons. The van der Waals surface area contributed by atoms with Crippen LogP contribution in [-0.2, 0) is 0 Å². The highest BCUT2D eigenvalue weighted by Crippen LogP contribution is 2.48. The lowest BCUT2D eigenvalue weighted by Gasteiger charge is -2.44. The second-order valence-electron chi connectivity index (χ2n) is 18.9. The van der Waals surface area contributed by atoms with E-state index in [0.29, 0.717) is 11.1 Å². The molecule has 0 fully saturated rings. The van der Waals surface area contributed by atoms with E-state index in [2.05, 4.69) is 199 Å². The third-order valence-electron chi connectivity index (χ3n) is 15.0. The SMILES string of the molecule is Fc1ccccc1-c1cccc(N2c3cc(-c4ccccc4F)ccc3B3C4=c5c(cccc5=C(c5ccccc5)CC4c4ccccc4)-c4cc(C(/C=C/c5ccccc5)c5ccccc5)cc2c43)c1. The summed E-state index contributed by atoms with van der Waals surface area (Å²) in [7, 11) is 0. The number of hydrogen-bond acceptors (Lipinski definition) is 1. The van der Waals surface area contributed by atoms with Crippen molar-refractivity contribution in [3.8, 4) is 33.4 Å². The van der Waals surface area contributed by atoms with Gasteiger partial charge in [0.05, 0.1) is 0 Å². The van der Waals surface area contributed by atoms with Crippen LogP contribution in [0.15, 0.2) is 249 Å². The summed E-state index contributed by atoms with van der Waals surface area (Å²) in [6.07, 6.45) is 5.40. The van der Waals surface area contributed by atoms with Gasteiger partial charge in [0.2, 0.25) is 6.71 Å². The van der Waals surface area contributed by atoms with E-state index in [4.69, 9.17) is 0 Å². The highest BCUT2D eigenvalue weighted by molar-refractivity contribution is 7.02. The number of anilines is 3. The van der Waals surface area contributed by atoms with Crippen LogP contribution in [0.3, 0.4) is 0 Å². The van der Waals surface area contributed by atoms with Gasteiger partial charge in [0.15, 0.2) is 0 Å². The van der Waals surface area contributed by atoms with Gasteiger partial charge >= 0.3 is 0 Å². The molecule has 0 radical (unpaired) electrons. The molecule has 0 spiro atoms. The number of halogens is 2. The van der Waals surface area contributed by atoms with E-state index in [-0.39, 0.29) is 30.2 Å². The Hall–Kier alpha value is -8.60. The number of fused-ring (bicyclic) bond motifs is 4. The molecule has 1 aliphatic carbocycles. The summed E-state index contributed by atoms with van der Waals surface area (Å²) < 4.78 is 31.8. The lowest BCUT2D eigenvalue weighted by molar-refractivity contribution is 0.631. The summed E-state index contributed by atoms with van der Waals surface area (Å²) in [5.41, 5.74) is 19.0. The number of nitrogens with zero attached hydrogens (tertiary/aromatic N) is 1. The maximum absolute atomic E-state index is 16.0. The lowest BCUT2D eigenvalue weighted by atomic mass is 9.29. The molecule has 2 unspecified atom stereocenters. The van der Waals surface area contributed by atoms with Crippen LogP contribution >= 0.6 is 0 Å². The Kier molecular flexibility index (Phi) is 10.6. The van der Waals surface area contributed by atoms with Crippen molar-refractivity contribution in [2.24, 2.45) is 0 Å². The third-order valence-corrected chi connectivity index (χ3v) is 15.0. The molecule has 0 saturated heterocycles. The van der Waals surface area contributed by atoms with Crippen LogP contribution in [0.1, 0.15) is 46.1 Å². The largest absolute Gasteiger partial charge is 0.311 e. The zero-order chi connectivity index (χ0) is 47.4. The highest BCUT2D eigenvalue weighted by atomic mass is 19.1. The standard InChI is InChI=1S/C67H46BF2N/c69-61-33-15-13-29-53(61)48-27-17-28-51(39-48)71-63-41-49(54-30-14-16-34-62(54)70)36-38-60(63)68-66-59(40-50(42-64(66)71)52(45-21-7-2-8-22-45)37-35-44-19-5-1-6-20-44)56-32-18-31-55-57(46-23-9-3-10-24-46)43-58(67(68)65(55)56)47-25-11-4-12-26-47/h1-42,52,58H,43H2/b37-35+. The summed E-state index contributed by atoms with van der Waals surface area (Å²) in [4.78, 5) is 2.38. The topological polar surface area (TPSA) is 3.24 Å². The first-order valence-electron chi connectivity index (χ1n) is 24.5. The van der Waals surface area contributed by atoms with Crippen LogP contribution in [0.2, 0.25) is 0 Å². The van der Waals surface area contributed by atoms with E-state index in [1.54, 1.807) is 12.1 Å². The van der Waals surface area contributed by atoms with E-state index in [1.807, 2.05) is 36.4 Å². The molecule has 0 N–H and O–H groups in total. The van der Waals surface area contributed by atoms with Gasteiger partial charge in [-0.1, -0.05) is 224 Å². The Bertz CT molecular complexity index is 3830. The summed E-state index contributed by atoms with van der Waals surface area (Å²) in [5, 5.41) is 2.56. The molecule has 0 bridgehead atoms. The van der Waals surface area contributed by atoms with Crippen LogP contribution in [0, 0.1) is 11.6 Å². The van der Waals surface area contributed by atoms with Crippen molar-refractivity contribution in [1.29, 1.82) is 0 Å². The third kappa shape index (κ3) is 7.38. The molecule has 4 heteroatoms. The quantitative estimate of drug-likeness (QED) is 0.130. The van der Waals surface area contributed by atoms with Gasteiger partial charge in [-0.3, -0.25) is 0 Å². The summed E-state index contributed by atoms with van der Waals surface area (Å²) >= 11 is 0. The first-order chi connectivity index (χ1) is 35.1. The van der Waals surface area contributed by atoms with Gasteiger partial charge in [-0.25, -0.2) is 8.78 Å². The Morgan fingerprint density at radius 3 is 1.80 bits per heavy atom. The van der Waals surface area contributed by atoms with Gasteiger partial charge in [-0.2, -0.15) is 0 Å². The van der Waals surface area contributed by atoms with Gasteiger partial charge in [0.1, 0.15) is 11.6 Å². The smallest absolute Gasteiger partial charge is 0.244 e. The maximum atomic E-state index is 16.0. The number of rotatable bonds is 9. The fourth-order valence-corrected chi connectivity index (χ4v) is 11.8. The molecule has 1 nitrogen and oxygen atoms in total. The first-order valence-corrected chi connectivity index (χ1v) is 24.5. The Labute approximate surface area is 413 Å². The number of hydrogen-bond donors (Lipinski definition) is 0. The predicted octanol–water partition coefficient (Wildman–Crippen LogP) is 14.3. The number of benzene rings is 10. The maximum Gasteiger partial charge on any atom is 0.244 e. The first kappa shape index (κ1) is 42.5. The van der Waals surface area contributed by atoms with Crippen molar-refractivity contribution in [2.75, 3.05) is 4.90 Å². The van der Waals surface area contributed by atoms with Crippen molar-refractivity contribution < 1.29 is 8.78 Å². The Morgan fingerprint density at radius 2 is 1.08 bits per heavy atom. The zero-order valence-electron chi connectivity index (χ0n) is 38.9. The van der Waals surface area contributed by atoms with Crippen molar-refractivity contribution in [3.05, 3.63) is 299 Å². The fourth-order valence-electron chi connectivity index (χ4n) is 11.8. The normalized spacial score (nSPS) is 14.8. The van der Waals surface area contributed by atoms with Crippen molar-refractivity contribution in [2.45, 2.75) is 18.3 Å². The van der Waals surface area contributed by atoms with E-state index >= 15 is 8.78 Å². The summed E-state index contributed by atoms with van der Waals surface area (Å²) in [5.74, 6) is -0.627. The van der Waals surface area contributed by atoms with Crippen molar-refractivity contribution in [1.82, 2.24) is 0 Å². The molecule has 2 aliphatic heterocycles. The zero-order valence-corrected chi connectivity index (χ0v) is 38.9. The predicted molar refractivity (Wildman–Crippen MR) is 292 cm³/mol. The van der Waals surface area contributed by atoms with Crippen LogP contribution in [0.5, 0.6) is 0 Å². The van der Waals surface area contributed by atoms with Gasteiger partial charge in [-0.05, 0) is 120 Å². The molecule has 10 aromatic carbocycles. The Balaban J connectivity index is 1.17. The molecule has 71 heavy (non-hydrogen) atoms. The molecule has 3 aliphatic rings. The van der Waals surface area contributed by atoms with Crippen LogP contribution in [0.4, 0.5) is 25.8 Å². The van der Waals surface area contributed by atoms with Crippen LogP contribution in [0.25, 0.3) is 50.5 Å². The summed E-state index contributed by atoms with van der Waals surface area (Å²) in [6.45, 7) is -0.157. The summed E-state index contributed by atoms with van der Waals surface area (Å²) in [6, 6.07) is 83.8. The van der Waals surface area contributed by atoms with Crippen LogP contribution in [-0.4, -0.2) is 6.71 Å². The van der Waals surface area contributed by atoms with E-state index < -0.39 is 0 Å².